The van der Waals surface area contributed by atoms with E-state index in [9.17, 15) is 0 Å². The number of hydrogen-bond acceptors (Lipinski definition) is 2. The van der Waals surface area contributed by atoms with Crippen molar-refractivity contribution in [3.05, 3.63) is 0 Å². The molecule has 0 atom stereocenters. The molecule has 0 bridgehead atoms. The van der Waals surface area contributed by atoms with E-state index in [2.05, 4.69) is 31.5 Å². The molecule has 0 unspecified atom stereocenters. The van der Waals surface area contributed by atoms with Crippen molar-refractivity contribution in [3.63, 3.8) is 0 Å². The van der Waals surface area contributed by atoms with Crippen LogP contribution in [0, 0.1) is 11.5 Å². The predicted molar refractivity (Wildman–Crippen MR) is 111 cm³/mol. The molecule has 23 heavy (non-hydrogen) atoms. The fraction of sp³-hybridized carbons (Fsp3) is 0.900. The number of rotatable bonds is 15. The summed E-state index contributed by atoms with van der Waals surface area (Å²) in [6, 6.07) is 1.28. The van der Waals surface area contributed by atoms with Gasteiger partial charge in [-0.2, -0.15) is 11.8 Å². The Balaban J connectivity index is 3.17. The Morgan fingerprint density at radius 2 is 1.30 bits per heavy atom. The minimum absolute atomic E-state index is 0.329. The molecule has 0 aliphatic carbocycles. The molecule has 0 aromatic carbocycles. The van der Waals surface area contributed by atoms with Gasteiger partial charge < -0.3 is 5.11 Å². The second-order valence-electron chi connectivity index (χ2n) is 7.16. The summed E-state index contributed by atoms with van der Waals surface area (Å²) in [6.45, 7) is 7.34. The molecule has 0 rings (SSSR count). The van der Waals surface area contributed by atoms with Crippen LogP contribution in [0.15, 0.2) is 0 Å². The summed E-state index contributed by atoms with van der Waals surface area (Å²) in [5.74, 6) is 5.55. The van der Waals surface area contributed by atoms with Gasteiger partial charge in [-0.15, -0.1) is 11.5 Å². The molecule has 0 amide bonds. The standard InChI is InChI=1S/C20H40OSSi/c1-4-23(2,3)20-16-14-12-10-8-6-5-7-9-11-13-15-18-22-19-17-21/h21H,4-15,17-19H2,1-3H3. The highest BCUT2D eigenvalue weighted by Crippen LogP contribution is 2.13. The highest BCUT2D eigenvalue weighted by atomic mass is 32.2. The number of aliphatic hydroxyl groups excluding tert-OH is 1. The third-order valence-corrected chi connectivity index (χ3v) is 8.06. The average molecular weight is 357 g/mol. The largest absolute Gasteiger partial charge is 0.396 e. The second kappa shape index (κ2) is 16.9. The van der Waals surface area contributed by atoms with Gasteiger partial charge in [0, 0.05) is 12.2 Å². The number of unbranched alkanes of at least 4 members (excludes halogenated alkanes) is 10. The monoisotopic (exact) mass is 356 g/mol. The molecule has 0 radical (unpaired) electrons. The zero-order chi connectivity index (χ0) is 17.2. The molecule has 0 spiro atoms. The van der Waals surface area contributed by atoms with E-state index in [-0.39, 0.29) is 0 Å². The first-order valence-electron chi connectivity index (χ1n) is 9.81. The first-order chi connectivity index (χ1) is 11.1. The molecular formula is C20H40OSSi. The Kier molecular flexibility index (Phi) is 17.0. The maximum absolute atomic E-state index is 8.69. The summed E-state index contributed by atoms with van der Waals surface area (Å²) in [6.07, 6.45) is 14.9. The lowest BCUT2D eigenvalue weighted by molar-refractivity contribution is 0.322. The van der Waals surface area contributed by atoms with Crippen LogP contribution in [0.5, 0.6) is 0 Å². The van der Waals surface area contributed by atoms with E-state index in [1.807, 2.05) is 11.8 Å². The summed E-state index contributed by atoms with van der Waals surface area (Å²) in [5, 5.41) is 8.69. The van der Waals surface area contributed by atoms with Crippen LogP contribution in [-0.4, -0.2) is 31.3 Å². The highest BCUT2D eigenvalue weighted by Gasteiger charge is 2.13. The SMILES string of the molecule is CC[Si](C)(C)C#CCCCCCCCCCCCCSCCO. The molecule has 0 saturated heterocycles. The topological polar surface area (TPSA) is 20.2 Å². The lowest BCUT2D eigenvalue weighted by atomic mass is 10.1. The lowest BCUT2D eigenvalue weighted by Gasteiger charge is -2.09. The molecule has 0 aliphatic heterocycles. The van der Waals surface area contributed by atoms with Gasteiger partial charge in [0.25, 0.3) is 0 Å². The van der Waals surface area contributed by atoms with Crippen LogP contribution in [0.3, 0.4) is 0 Å². The van der Waals surface area contributed by atoms with Gasteiger partial charge in [0.05, 0.1) is 6.61 Å². The molecule has 0 heterocycles. The van der Waals surface area contributed by atoms with Crippen molar-refractivity contribution in [2.45, 2.75) is 96.7 Å². The van der Waals surface area contributed by atoms with Crippen LogP contribution in [0.1, 0.15) is 77.6 Å². The van der Waals surface area contributed by atoms with Crippen molar-refractivity contribution < 1.29 is 5.11 Å². The fourth-order valence-corrected chi connectivity index (χ4v) is 3.91. The van der Waals surface area contributed by atoms with Crippen LogP contribution in [0.25, 0.3) is 0 Å². The van der Waals surface area contributed by atoms with E-state index in [0.717, 1.165) is 12.2 Å². The molecule has 3 heteroatoms. The molecule has 0 aromatic heterocycles. The van der Waals surface area contributed by atoms with Crippen LogP contribution >= 0.6 is 11.8 Å². The Bertz CT molecular complexity index is 306. The van der Waals surface area contributed by atoms with Crippen molar-refractivity contribution in [2.24, 2.45) is 0 Å². The van der Waals surface area contributed by atoms with Gasteiger partial charge in [-0.3, -0.25) is 0 Å². The normalized spacial score (nSPS) is 11.3. The van der Waals surface area contributed by atoms with Crippen molar-refractivity contribution in [1.82, 2.24) is 0 Å². The van der Waals surface area contributed by atoms with Gasteiger partial charge in [0.1, 0.15) is 8.07 Å². The number of aliphatic hydroxyl groups is 1. The summed E-state index contributed by atoms with van der Waals surface area (Å²) < 4.78 is 0. The highest BCUT2D eigenvalue weighted by molar-refractivity contribution is 7.99. The van der Waals surface area contributed by atoms with Gasteiger partial charge in [0.2, 0.25) is 0 Å². The first-order valence-corrected chi connectivity index (χ1v) is 14.2. The Labute approximate surface area is 151 Å². The molecule has 1 nitrogen and oxygen atoms in total. The molecule has 0 fully saturated rings. The third kappa shape index (κ3) is 18.3. The quantitative estimate of drug-likeness (QED) is 0.212. The number of thioether (sulfide) groups is 1. The smallest absolute Gasteiger partial charge is 0.132 e. The van der Waals surface area contributed by atoms with Gasteiger partial charge in [-0.25, -0.2) is 0 Å². The van der Waals surface area contributed by atoms with Crippen molar-refractivity contribution in [3.8, 4) is 11.5 Å². The van der Waals surface area contributed by atoms with Gasteiger partial charge in [0.15, 0.2) is 0 Å². The molecule has 136 valence electrons. The minimum Gasteiger partial charge on any atom is -0.396 e. The Hall–Kier alpha value is 0.0869. The average Bonchev–Trinajstić information content (AvgIpc) is 2.54. The van der Waals surface area contributed by atoms with E-state index in [1.165, 1.54) is 76.0 Å². The summed E-state index contributed by atoms with van der Waals surface area (Å²) in [7, 11) is -1.16. The summed E-state index contributed by atoms with van der Waals surface area (Å²) >= 11 is 1.88. The molecular weight excluding hydrogens is 316 g/mol. The van der Waals surface area contributed by atoms with Gasteiger partial charge in [-0.1, -0.05) is 71.4 Å². The maximum atomic E-state index is 8.69. The first kappa shape index (κ1) is 23.1. The summed E-state index contributed by atoms with van der Waals surface area (Å²) in [4.78, 5) is 0. The zero-order valence-corrected chi connectivity index (χ0v) is 17.8. The van der Waals surface area contributed by atoms with Gasteiger partial charge in [-0.05, 0) is 24.6 Å². The van der Waals surface area contributed by atoms with E-state index in [0.29, 0.717) is 6.61 Å². The zero-order valence-electron chi connectivity index (χ0n) is 16.0. The van der Waals surface area contributed by atoms with Crippen LogP contribution in [-0.2, 0) is 0 Å². The van der Waals surface area contributed by atoms with Crippen molar-refractivity contribution >= 4 is 19.8 Å². The van der Waals surface area contributed by atoms with Crippen LogP contribution < -0.4 is 0 Å². The summed E-state index contributed by atoms with van der Waals surface area (Å²) in [5.41, 5.74) is 3.53. The molecule has 0 saturated carbocycles. The third-order valence-electron chi connectivity index (χ3n) is 4.39. The van der Waals surface area contributed by atoms with Crippen molar-refractivity contribution in [2.75, 3.05) is 18.1 Å². The van der Waals surface area contributed by atoms with Crippen molar-refractivity contribution in [1.29, 1.82) is 0 Å². The van der Waals surface area contributed by atoms with Crippen LogP contribution in [0.4, 0.5) is 0 Å². The molecule has 0 aromatic rings. The van der Waals surface area contributed by atoms with E-state index in [4.69, 9.17) is 5.11 Å². The Morgan fingerprint density at radius 3 is 1.83 bits per heavy atom. The molecule has 1 N–H and O–H groups in total. The van der Waals surface area contributed by atoms with Crippen LogP contribution in [0.2, 0.25) is 19.1 Å². The van der Waals surface area contributed by atoms with E-state index in [1.54, 1.807) is 0 Å². The van der Waals surface area contributed by atoms with E-state index < -0.39 is 8.07 Å². The maximum Gasteiger partial charge on any atom is 0.132 e. The fourth-order valence-electron chi connectivity index (χ4n) is 2.39. The Morgan fingerprint density at radius 1 is 0.783 bits per heavy atom. The lowest BCUT2D eigenvalue weighted by Crippen LogP contribution is -2.21. The van der Waals surface area contributed by atoms with Gasteiger partial charge >= 0.3 is 0 Å². The second-order valence-corrected chi connectivity index (χ2v) is 13.1. The predicted octanol–water partition coefficient (Wildman–Crippen LogP) is 6.27. The van der Waals surface area contributed by atoms with E-state index >= 15 is 0 Å². The number of hydrogen-bond donors (Lipinski definition) is 1. The molecule has 0 aliphatic rings. The minimum atomic E-state index is -1.16.